The van der Waals surface area contributed by atoms with Crippen molar-refractivity contribution in [1.82, 2.24) is 24.6 Å². The highest BCUT2D eigenvalue weighted by Crippen LogP contribution is 2.38. The first-order valence-corrected chi connectivity index (χ1v) is 17.5. The van der Waals surface area contributed by atoms with Gasteiger partial charge in [-0.3, -0.25) is 19.2 Å². The van der Waals surface area contributed by atoms with Crippen molar-refractivity contribution in [1.29, 1.82) is 0 Å². The normalized spacial score (nSPS) is 18.4. The molecule has 3 aliphatic rings. The van der Waals surface area contributed by atoms with Crippen molar-refractivity contribution in [3.05, 3.63) is 94.8 Å². The van der Waals surface area contributed by atoms with E-state index in [1.807, 2.05) is 0 Å². The second-order valence-electron chi connectivity index (χ2n) is 12.7. The molecule has 0 radical (unpaired) electrons. The Morgan fingerprint density at radius 1 is 1.00 bits per heavy atom. The lowest BCUT2D eigenvalue weighted by Gasteiger charge is -2.41. The molecular weight excluding hydrogens is 702 g/mol. The number of aliphatic imine (C=N–C) groups is 1. The molecule has 0 aliphatic carbocycles. The number of anilines is 1. The summed E-state index contributed by atoms with van der Waals surface area (Å²) in [7, 11) is 1.75. The number of nitrogens with zero attached hydrogens (tertiary/aromatic N) is 6. The standard InChI is InChI=1S/C38H36ClN7O7/c1-44-23-27(33(43-44)29-21-28(39)10-11-31(29)47)9-7-25-8-12-32(40-22-25)41-35(48)30-24-53-38(13-17-51-18-14-38)46(30)36(49)34(26-5-3-2-4-6-26)42-37(50)45-15-19-52-20-16-45/h2-6,8,10-12,21-23,30,47H,13-20,24H2,1H3,(H,40,41,48)/b42-34+/t30-/m0/s1. The number of hydrogen-bond acceptors (Lipinski definition) is 9. The molecule has 3 fully saturated rings. The predicted octanol–water partition coefficient (Wildman–Crippen LogP) is 3.86. The zero-order chi connectivity index (χ0) is 37.0. The second-order valence-corrected chi connectivity index (χ2v) is 13.1. The van der Waals surface area contributed by atoms with Gasteiger partial charge in [0.05, 0.1) is 38.6 Å². The van der Waals surface area contributed by atoms with Crippen LogP contribution < -0.4 is 5.32 Å². The van der Waals surface area contributed by atoms with Crippen LogP contribution in [0, 0.1) is 11.8 Å². The molecule has 0 saturated carbocycles. The summed E-state index contributed by atoms with van der Waals surface area (Å²) in [4.78, 5) is 53.6. The van der Waals surface area contributed by atoms with Crippen LogP contribution in [0.4, 0.5) is 10.6 Å². The lowest BCUT2D eigenvalue weighted by atomic mass is 9.99. The smallest absolute Gasteiger partial charge is 0.344 e. The topological polar surface area (TPSA) is 161 Å². The molecule has 3 saturated heterocycles. The Balaban J connectivity index is 1.13. The van der Waals surface area contributed by atoms with Gasteiger partial charge in [-0.1, -0.05) is 53.8 Å². The number of halogens is 1. The number of aryl methyl sites for hydroxylation is 1. The number of carbonyl (C=O) groups excluding carboxylic acids is 3. The van der Waals surface area contributed by atoms with E-state index in [0.717, 1.165) is 0 Å². The van der Waals surface area contributed by atoms with Gasteiger partial charge < -0.3 is 29.5 Å². The second kappa shape index (κ2) is 15.6. The number of aromatic hydroxyl groups is 1. The molecule has 2 aromatic carbocycles. The first-order valence-electron chi connectivity index (χ1n) is 17.1. The highest BCUT2D eigenvalue weighted by Gasteiger charge is 2.54. The van der Waals surface area contributed by atoms with Crippen LogP contribution in [-0.2, 0) is 30.8 Å². The number of ether oxygens (including phenoxy) is 3. The van der Waals surface area contributed by atoms with Gasteiger partial charge in [0.25, 0.3) is 11.8 Å². The zero-order valence-corrected chi connectivity index (χ0v) is 29.6. The Labute approximate surface area is 310 Å². The highest BCUT2D eigenvalue weighted by atomic mass is 35.5. The van der Waals surface area contributed by atoms with Crippen LogP contribution in [0.15, 0.2) is 78.0 Å². The number of hydrogen-bond donors (Lipinski definition) is 2. The average molecular weight is 738 g/mol. The fourth-order valence-electron chi connectivity index (χ4n) is 6.49. The van der Waals surface area contributed by atoms with Crippen molar-refractivity contribution in [3.63, 3.8) is 0 Å². The summed E-state index contributed by atoms with van der Waals surface area (Å²) >= 11 is 6.16. The van der Waals surface area contributed by atoms with Gasteiger partial charge in [0.2, 0.25) is 0 Å². The van der Waals surface area contributed by atoms with E-state index in [-0.39, 0.29) is 23.9 Å². The third-order valence-electron chi connectivity index (χ3n) is 9.19. The molecule has 4 aromatic rings. The highest BCUT2D eigenvalue weighted by molar-refractivity contribution is 6.47. The van der Waals surface area contributed by atoms with Gasteiger partial charge in [0, 0.05) is 67.1 Å². The van der Waals surface area contributed by atoms with Crippen LogP contribution in [0.5, 0.6) is 5.75 Å². The number of carbonyl (C=O) groups is 3. The molecule has 0 bridgehead atoms. The summed E-state index contributed by atoms with van der Waals surface area (Å²) in [6.45, 7) is 2.05. The van der Waals surface area contributed by atoms with Crippen molar-refractivity contribution in [2.24, 2.45) is 12.0 Å². The van der Waals surface area contributed by atoms with Crippen LogP contribution in [0.2, 0.25) is 5.02 Å². The van der Waals surface area contributed by atoms with Crippen molar-refractivity contribution in [2.45, 2.75) is 24.6 Å². The third kappa shape index (κ3) is 7.79. The number of rotatable bonds is 5. The van der Waals surface area contributed by atoms with Crippen LogP contribution in [0.3, 0.4) is 0 Å². The quantitative estimate of drug-likeness (QED) is 0.229. The Kier molecular flexibility index (Phi) is 10.5. The Morgan fingerprint density at radius 2 is 1.75 bits per heavy atom. The molecule has 0 unspecified atom stereocenters. The summed E-state index contributed by atoms with van der Waals surface area (Å²) in [5.41, 5.74) is 1.28. The molecule has 14 nitrogen and oxygen atoms in total. The number of urea groups is 1. The molecule has 7 rings (SSSR count). The van der Waals surface area contributed by atoms with Crippen molar-refractivity contribution in [3.8, 4) is 28.8 Å². The largest absolute Gasteiger partial charge is 0.507 e. The average Bonchev–Trinajstić information content (AvgIpc) is 3.74. The third-order valence-corrected chi connectivity index (χ3v) is 9.43. The van der Waals surface area contributed by atoms with E-state index in [0.29, 0.717) is 85.3 Å². The van der Waals surface area contributed by atoms with Gasteiger partial charge in [-0.2, -0.15) is 10.1 Å². The monoisotopic (exact) mass is 737 g/mol. The van der Waals surface area contributed by atoms with Gasteiger partial charge in [-0.25, -0.2) is 9.78 Å². The van der Waals surface area contributed by atoms with Crippen molar-refractivity contribution >= 4 is 41.0 Å². The van der Waals surface area contributed by atoms with E-state index in [2.05, 4.69) is 32.2 Å². The number of phenols is 1. The maximum absolute atomic E-state index is 14.6. The first kappa shape index (κ1) is 35.8. The van der Waals surface area contributed by atoms with Gasteiger partial charge in [0.15, 0.2) is 0 Å². The van der Waals surface area contributed by atoms with Crippen molar-refractivity contribution in [2.75, 3.05) is 51.4 Å². The molecule has 53 heavy (non-hydrogen) atoms. The molecule has 1 atom stereocenters. The fraction of sp³-hybridized carbons (Fsp3) is 0.316. The maximum Gasteiger partial charge on any atom is 0.344 e. The van der Waals surface area contributed by atoms with Gasteiger partial charge in [-0.05, 0) is 30.3 Å². The predicted molar refractivity (Wildman–Crippen MR) is 194 cm³/mol. The molecule has 4 amide bonds. The van der Waals surface area contributed by atoms with E-state index in [9.17, 15) is 19.5 Å². The fourth-order valence-corrected chi connectivity index (χ4v) is 6.66. The lowest BCUT2D eigenvalue weighted by Crippen LogP contribution is -2.58. The summed E-state index contributed by atoms with van der Waals surface area (Å²) in [6.07, 6.45) is 3.92. The van der Waals surface area contributed by atoms with E-state index in [1.54, 1.807) is 72.5 Å². The van der Waals surface area contributed by atoms with Crippen molar-refractivity contribution < 1.29 is 33.7 Å². The lowest BCUT2D eigenvalue weighted by molar-refractivity contribution is -0.164. The first-order chi connectivity index (χ1) is 25.7. The number of phenolic OH excluding ortho intramolecular Hbond substituents is 1. The Bertz CT molecular complexity index is 2100. The SMILES string of the molecule is Cn1cc(C#Cc2ccc(NC(=O)[C@@H]3COC4(CCOCC4)N3C(=O)/C(=N/C(=O)N3CCOCC3)c3ccccc3)nc2)c(-c2cc(Cl)ccc2O)n1. The Morgan fingerprint density at radius 3 is 2.49 bits per heavy atom. The van der Waals surface area contributed by atoms with Crippen LogP contribution in [0.1, 0.15) is 29.5 Å². The molecule has 1 spiro atoms. The number of pyridine rings is 1. The number of amides is 4. The summed E-state index contributed by atoms with van der Waals surface area (Å²) in [5, 5.41) is 18.1. The number of benzene rings is 2. The van der Waals surface area contributed by atoms with Crippen LogP contribution >= 0.6 is 11.6 Å². The summed E-state index contributed by atoms with van der Waals surface area (Å²) in [5.74, 6) is 5.29. The summed E-state index contributed by atoms with van der Waals surface area (Å²) in [6, 6.07) is 15.1. The molecule has 15 heteroatoms. The van der Waals surface area contributed by atoms with E-state index < -0.39 is 29.6 Å². The van der Waals surface area contributed by atoms with E-state index in [4.69, 9.17) is 25.8 Å². The van der Waals surface area contributed by atoms with Crippen LogP contribution in [0.25, 0.3) is 11.3 Å². The van der Waals surface area contributed by atoms with E-state index >= 15 is 0 Å². The minimum atomic E-state index is -1.13. The molecular formula is C38H36ClN7O7. The number of nitrogens with one attached hydrogen (secondary N) is 1. The van der Waals surface area contributed by atoms with Gasteiger partial charge in [0.1, 0.15) is 34.7 Å². The van der Waals surface area contributed by atoms with E-state index in [1.165, 1.54) is 22.1 Å². The molecule has 5 heterocycles. The maximum atomic E-state index is 14.6. The van der Waals surface area contributed by atoms with Gasteiger partial charge in [-0.15, -0.1) is 0 Å². The number of aromatic nitrogens is 3. The molecule has 3 aliphatic heterocycles. The molecule has 2 aromatic heterocycles. The van der Waals surface area contributed by atoms with Crippen LogP contribution in [-0.4, -0.2) is 111 Å². The van der Waals surface area contributed by atoms with Gasteiger partial charge >= 0.3 is 6.03 Å². The zero-order valence-electron chi connectivity index (χ0n) is 28.8. The molecule has 272 valence electrons. The number of morpholine rings is 1. The minimum absolute atomic E-state index is 0.0265. The minimum Gasteiger partial charge on any atom is -0.507 e. The summed E-state index contributed by atoms with van der Waals surface area (Å²) < 4.78 is 18.8. The Hall–Kier alpha value is -5.59. The molecule has 2 N–H and O–H groups in total.